The molecule has 1 atom stereocenters. The van der Waals surface area contributed by atoms with Crippen LogP contribution in [0.3, 0.4) is 0 Å². The van der Waals surface area contributed by atoms with Crippen molar-refractivity contribution >= 4 is 23.6 Å². The van der Waals surface area contributed by atoms with Crippen LogP contribution in [0.15, 0.2) is 16.5 Å². The molecule has 5 nitrogen and oxygen atoms in total. The SMILES string of the molecule is Cc1ccc(C(=O)N2CSC[C@@H]2C(=O)NC(C)(C)C)o1. The predicted octanol–water partition coefficient (Wildman–Crippen LogP) is 2.02. The first-order chi connectivity index (χ1) is 9.28. The van der Waals surface area contributed by atoms with Crippen LogP contribution in [0.1, 0.15) is 37.1 Å². The Balaban J connectivity index is 2.11. The monoisotopic (exact) mass is 296 g/mol. The second-order valence-electron chi connectivity index (χ2n) is 5.94. The molecule has 1 fully saturated rings. The number of thioether (sulfide) groups is 1. The fourth-order valence-corrected chi connectivity index (χ4v) is 3.16. The minimum Gasteiger partial charge on any atom is -0.456 e. The van der Waals surface area contributed by atoms with Gasteiger partial charge in [0.2, 0.25) is 5.91 Å². The Hall–Kier alpha value is -1.43. The van der Waals surface area contributed by atoms with E-state index in [0.29, 0.717) is 23.2 Å². The average Bonchev–Trinajstić information content (AvgIpc) is 2.93. The molecule has 2 rings (SSSR count). The van der Waals surface area contributed by atoms with Gasteiger partial charge in [0.15, 0.2) is 5.76 Å². The van der Waals surface area contributed by atoms with Crippen LogP contribution in [0.5, 0.6) is 0 Å². The van der Waals surface area contributed by atoms with Crippen molar-refractivity contribution in [2.24, 2.45) is 0 Å². The number of amides is 2. The number of hydrogen-bond donors (Lipinski definition) is 1. The Morgan fingerprint density at radius 2 is 2.10 bits per heavy atom. The van der Waals surface area contributed by atoms with Crippen molar-refractivity contribution in [3.05, 3.63) is 23.7 Å². The predicted molar refractivity (Wildman–Crippen MR) is 78.6 cm³/mol. The largest absolute Gasteiger partial charge is 0.456 e. The summed E-state index contributed by atoms with van der Waals surface area (Å²) in [5.41, 5.74) is -0.305. The smallest absolute Gasteiger partial charge is 0.290 e. The maximum Gasteiger partial charge on any atom is 0.290 e. The topological polar surface area (TPSA) is 62.6 Å². The summed E-state index contributed by atoms with van der Waals surface area (Å²) in [5.74, 6) is 1.78. The molecule has 110 valence electrons. The van der Waals surface area contributed by atoms with Crippen LogP contribution >= 0.6 is 11.8 Å². The zero-order valence-corrected chi connectivity index (χ0v) is 13.0. The third-order valence-corrected chi connectivity index (χ3v) is 3.91. The molecule has 1 N–H and O–H groups in total. The van der Waals surface area contributed by atoms with Crippen molar-refractivity contribution in [2.45, 2.75) is 39.3 Å². The van der Waals surface area contributed by atoms with E-state index < -0.39 is 6.04 Å². The number of hydrogen-bond acceptors (Lipinski definition) is 4. The highest BCUT2D eigenvalue weighted by Gasteiger charge is 2.37. The molecular weight excluding hydrogens is 276 g/mol. The number of furan rings is 1. The number of nitrogens with one attached hydrogen (secondary N) is 1. The number of rotatable bonds is 2. The summed E-state index contributed by atoms with van der Waals surface area (Å²) in [6, 6.07) is 2.97. The molecular formula is C14H20N2O3S. The van der Waals surface area contributed by atoms with Gasteiger partial charge in [-0.3, -0.25) is 9.59 Å². The molecule has 0 radical (unpaired) electrons. The number of nitrogens with zero attached hydrogens (tertiary/aromatic N) is 1. The van der Waals surface area contributed by atoms with Crippen molar-refractivity contribution in [3.63, 3.8) is 0 Å². The van der Waals surface area contributed by atoms with Crippen molar-refractivity contribution in [1.82, 2.24) is 10.2 Å². The molecule has 0 aromatic carbocycles. The van der Waals surface area contributed by atoms with E-state index in [-0.39, 0.29) is 17.4 Å². The van der Waals surface area contributed by atoms with Crippen molar-refractivity contribution < 1.29 is 14.0 Å². The van der Waals surface area contributed by atoms with Crippen LogP contribution in [0.25, 0.3) is 0 Å². The molecule has 2 heterocycles. The van der Waals surface area contributed by atoms with Crippen molar-refractivity contribution in [1.29, 1.82) is 0 Å². The Kier molecular flexibility index (Phi) is 4.13. The van der Waals surface area contributed by atoms with E-state index in [4.69, 9.17) is 4.42 Å². The first-order valence-corrected chi connectivity index (χ1v) is 7.70. The fraction of sp³-hybridized carbons (Fsp3) is 0.571. The van der Waals surface area contributed by atoms with E-state index >= 15 is 0 Å². The summed E-state index contributed by atoms with van der Waals surface area (Å²) >= 11 is 1.58. The molecule has 1 aliphatic heterocycles. The fourth-order valence-electron chi connectivity index (χ4n) is 2.00. The first-order valence-electron chi connectivity index (χ1n) is 6.55. The molecule has 1 saturated heterocycles. The summed E-state index contributed by atoms with van der Waals surface area (Å²) in [4.78, 5) is 26.2. The summed E-state index contributed by atoms with van der Waals surface area (Å²) in [5, 5.41) is 2.93. The minimum absolute atomic E-state index is 0.112. The third kappa shape index (κ3) is 3.36. The number of carbonyl (C=O) groups is 2. The van der Waals surface area contributed by atoms with Crippen molar-refractivity contribution in [3.8, 4) is 0 Å². The summed E-state index contributed by atoms with van der Waals surface area (Å²) < 4.78 is 5.35. The Morgan fingerprint density at radius 3 is 2.65 bits per heavy atom. The lowest BCUT2D eigenvalue weighted by atomic mass is 10.1. The second-order valence-corrected chi connectivity index (χ2v) is 6.94. The molecule has 0 bridgehead atoms. The van der Waals surface area contributed by atoms with E-state index in [1.54, 1.807) is 35.7 Å². The van der Waals surface area contributed by atoms with Gasteiger partial charge >= 0.3 is 0 Å². The van der Waals surface area contributed by atoms with Gasteiger partial charge in [-0.25, -0.2) is 0 Å². The van der Waals surface area contributed by atoms with Gasteiger partial charge in [-0.1, -0.05) is 0 Å². The number of carbonyl (C=O) groups excluding carboxylic acids is 2. The lowest BCUT2D eigenvalue weighted by molar-refractivity contribution is -0.125. The Morgan fingerprint density at radius 1 is 1.40 bits per heavy atom. The summed E-state index contributed by atoms with van der Waals surface area (Å²) in [6.07, 6.45) is 0. The molecule has 0 aliphatic carbocycles. The van der Waals surface area contributed by atoms with Gasteiger partial charge in [-0.2, -0.15) is 0 Å². The molecule has 0 saturated carbocycles. The standard InChI is InChI=1S/C14H20N2O3S/c1-9-5-6-11(19-9)13(18)16-8-20-7-10(16)12(17)15-14(2,3)4/h5-6,10H,7-8H2,1-4H3,(H,15,17)/t10-/m1/s1. The lowest BCUT2D eigenvalue weighted by Gasteiger charge is -2.27. The normalized spacial score (nSPS) is 19.2. The lowest BCUT2D eigenvalue weighted by Crippen LogP contribution is -2.52. The molecule has 6 heteroatoms. The molecule has 1 aromatic heterocycles. The van der Waals surface area contributed by atoms with Gasteiger partial charge in [0.1, 0.15) is 11.8 Å². The van der Waals surface area contributed by atoms with Gasteiger partial charge in [0.25, 0.3) is 5.91 Å². The minimum atomic E-state index is -0.433. The molecule has 1 aliphatic rings. The third-order valence-electron chi connectivity index (χ3n) is 2.90. The maximum absolute atomic E-state index is 12.4. The van der Waals surface area contributed by atoms with Crippen LogP contribution in [-0.4, -0.2) is 39.9 Å². The Labute approximate surface area is 123 Å². The van der Waals surface area contributed by atoms with Crippen LogP contribution < -0.4 is 5.32 Å². The van der Waals surface area contributed by atoms with E-state index in [2.05, 4.69) is 5.32 Å². The van der Waals surface area contributed by atoms with Gasteiger partial charge in [0, 0.05) is 11.3 Å². The highest BCUT2D eigenvalue weighted by atomic mass is 32.2. The van der Waals surface area contributed by atoms with Gasteiger partial charge < -0.3 is 14.6 Å². The molecule has 2 amide bonds. The quantitative estimate of drug-likeness (QED) is 0.907. The molecule has 20 heavy (non-hydrogen) atoms. The summed E-state index contributed by atoms with van der Waals surface area (Å²) in [7, 11) is 0. The summed E-state index contributed by atoms with van der Waals surface area (Å²) in [6.45, 7) is 7.57. The van der Waals surface area contributed by atoms with Crippen molar-refractivity contribution in [2.75, 3.05) is 11.6 Å². The molecule has 0 spiro atoms. The van der Waals surface area contributed by atoms with E-state index in [1.165, 1.54) is 0 Å². The zero-order valence-electron chi connectivity index (χ0n) is 12.2. The van der Waals surface area contributed by atoms with Crippen LogP contribution in [0.2, 0.25) is 0 Å². The average molecular weight is 296 g/mol. The number of aryl methyl sites for hydroxylation is 1. The van der Waals surface area contributed by atoms with Crippen LogP contribution in [0.4, 0.5) is 0 Å². The van der Waals surface area contributed by atoms with E-state index in [0.717, 1.165) is 0 Å². The van der Waals surface area contributed by atoms with Gasteiger partial charge in [-0.05, 0) is 39.8 Å². The van der Waals surface area contributed by atoms with Crippen LogP contribution in [-0.2, 0) is 4.79 Å². The highest BCUT2D eigenvalue weighted by molar-refractivity contribution is 7.99. The van der Waals surface area contributed by atoms with Crippen LogP contribution in [0, 0.1) is 6.92 Å². The highest BCUT2D eigenvalue weighted by Crippen LogP contribution is 2.24. The van der Waals surface area contributed by atoms with E-state index in [9.17, 15) is 9.59 Å². The zero-order chi connectivity index (χ0) is 14.9. The molecule has 0 unspecified atom stereocenters. The van der Waals surface area contributed by atoms with Gasteiger partial charge in [-0.15, -0.1) is 11.8 Å². The maximum atomic E-state index is 12.4. The molecule has 1 aromatic rings. The van der Waals surface area contributed by atoms with Gasteiger partial charge in [0.05, 0.1) is 5.88 Å². The van der Waals surface area contributed by atoms with E-state index in [1.807, 2.05) is 20.8 Å². The second kappa shape index (κ2) is 5.52. The Bertz CT molecular complexity index is 519. The first kappa shape index (κ1) is 15.0.